The summed E-state index contributed by atoms with van der Waals surface area (Å²) >= 11 is 0. The van der Waals surface area contributed by atoms with Crippen molar-refractivity contribution in [1.29, 1.82) is 0 Å². The van der Waals surface area contributed by atoms with E-state index in [9.17, 15) is 18.0 Å². The molecule has 0 aliphatic carbocycles. The van der Waals surface area contributed by atoms with Crippen LogP contribution in [0.1, 0.15) is 31.2 Å². The molecule has 2 aliphatic rings. The Bertz CT molecular complexity index is 1060. The summed E-state index contributed by atoms with van der Waals surface area (Å²) in [6.07, 6.45) is 2.64. The van der Waals surface area contributed by atoms with Gasteiger partial charge in [-0.15, -0.1) is 0 Å². The van der Waals surface area contributed by atoms with Crippen LogP contribution in [0.5, 0.6) is 0 Å². The number of aryl methyl sites for hydroxylation is 1. The number of hydrogen-bond acceptors (Lipinski definition) is 4. The second kappa shape index (κ2) is 7.51. The lowest BCUT2D eigenvalue weighted by atomic mass is 10.2. The van der Waals surface area contributed by atoms with Crippen LogP contribution in [0.4, 0.5) is 17.1 Å². The molecule has 2 aliphatic heterocycles. The SMILES string of the molecule is Cc1ccc(N2CCCC2=O)cc1S(=O)(=O)Nc1ccc(N2CCCC2=O)cc1. The predicted molar refractivity (Wildman–Crippen MR) is 112 cm³/mol. The van der Waals surface area contributed by atoms with Crippen molar-refractivity contribution in [2.45, 2.75) is 37.5 Å². The number of nitrogens with one attached hydrogen (secondary N) is 1. The molecule has 0 bridgehead atoms. The highest BCUT2D eigenvalue weighted by atomic mass is 32.2. The van der Waals surface area contributed by atoms with Crippen LogP contribution in [0.25, 0.3) is 0 Å². The molecule has 2 aromatic carbocycles. The van der Waals surface area contributed by atoms with Gasteiger partial charge < -0.3 is 9.80 Å². The summed E-state index contributed by atoms with van der Waals surface area (Å²) in [5.41, 5.74) is 2.39. The quantitative estimate of drug-likeness (QED) is 0.816. The van der Waals surface area contributed by atoms with Gasteiger partial charge in [0.2, 0.25) is 11.8 Å². The van der Waals surface area contributed by atoms with Crippen LogP contribution < -0.4 is 14.5 Å². The summed E-state index contributed by atoms with van der Waals surface area (Å²) in [6, 6.07) is 11.8. The van der Waals surface area contributed by atoms with Crippen LogP contribution in [0.2, 0.25) is 0 Å². The van der Waals surface area contributed by atoms with E-state index in [-0.39, 0.29) is 16.7 Å². The molecule has 1 N–H and O–H groups in total. The van der Waals surface area contributed by atoms with E-state index in [1.807, 2.05) is 0 Å². The smallest absolute Gasteiger partial charge is 0.262 e. The van der Waals surface area contributed by atoms with E-state index in [0.717, 1.165) is 18.5 Å². The minimum atomic E-state index is -3.82. The number of sulfonamides is 1. The molecule has 2 aromatic rings. The van der Waals surface area contributed by atoms with Crippen LogP contribution in [-0.4, -0.2) is 33.3 Å². The fourth-order valence-electron chi connectivity index (χ4n) is 3.81. The number of anilines is 3. The zero-order chi connectivity index (χ0) is 20.6. The minimum Gasteiger partial charge on any atom is -0.312 e. The number of carbonyl (C=O) groups is 2. The topological polar surface area (TPSA) is 86.8 Å². The van der Waals surface area contributed by atoms with Crippen molar-refractivity contribution in [3.05, 3.63) is 48.0 Å². The van der Waals surface area contributed by atoms with Gasteiger partial charge in [0.1, 0.15) is 0 Å². The predicted octanol–water partition coefficient (Wildman–Crippen LogP) is 3.05. The highest BCUT2D eigenvalue weighted by Crippen LogP contribution is 2.29. The minimum absolute atomic E-state index is 0.0113. The van der Waals surface area contributed by atoms with Gasteiger partial charge in [0.25, 0.3) is 10.0 Å². The van der Waals surface area contributed by atoms with E-state index in [1.165, 1.54) is 0 Å². The number of amides is 2. The van der Waals surface area contributed by atoms with E-state index in [2.05, 4.69) is 4.72 Å². The normalized spacial score (nSPS) is 17.3. The molecule has 4 rings (SSSR count). The van der Waals surface area contributed by atoms with Gasteiger partial charge in [-0.3, -0.25) is 14.3 Å². The van der Waals surface area contributed by atoms with E-state index < -0.39 is 10.0 Å². The Morgan fingerprint density at radius 2 is 1.38 bits per heavy atom. The summed E-state index contributed by atoms with van der Waals surface area (Å²) in [6.45, 7) is 3.02. The van der Waals surface area contributed by atoms with Crippen molar-refractivity contribution in [2.24, 2.45) is 0 Å². The molecule has 2 saturated heterocycles. The van der Waals surface area contributed by atoms with Crippen LogP contribution in [0, 0.1) is 6.92 Å². The molecule has 0 saturated carbocycles. The van der Waals surface area contributed by atoms with Crippen LogP contribution >= 0.6 is 0 Å². The zero-order valence-electron chi connectivity index (χ0n) is 16.2. The third-order valence-corrected chi connectivity index (χ3v) is 6.87. The molecule has 2 amide bonds. The number of rotatable bonds is 5. The van der Waals surface area contributed by atoms with Gasteiger partial charge in [-0.2, -0.15) is 0 Å². The highest BCUT2D eigenvalue weighted by Gasteiger charge is 2.25. The summed E-state index contributed by atoms with van der Waals surface area (Å²) in [5.74, 6) is 0.0967. The molecular formula is C21H23N3O4S. The monoisotopic (exact) mass is 413 g/mol. The van der Waals surface area contributed by atoms with Crippen molar-refractivity contribution in [3.63, 3.8) is 0 Å². The largest absolute Gasteiger partial charge is 0.312 e. The second-order valence-corrected chi connectivity index (χ2v) is 9.05. The first kappa shape index (κ1) is 19.4. The number of hydrogen-bond donors (Lipinski definition) is 1. The third-order valence-electron chi connectivity index (χ3n) is 5.35. The Kier molecular flexibility index (Phi) is 5.04. The molecule has 0 spiro atoms. The molecule has 0 aromatic heterocycles. The number of carbonyl (C=O) groups excluding carboxylic acids is 2. The molecule has 0 radical (unpaired) electrons. The van der Waals surface area contributed by atoms with E-state index in [4.69, 9.17) is 0 Å². The summed E-state index contributed by atoms with van der Waals surface area (Å²) in [7, 11) is -3.82. The Balaban J connectivity index is 1.57. The molecule has 8 heteroatoms. The fraction of sp³-hybridized carbons (Fsp3) is 0.333. The fourth-order valence-corrected chi connectivity index (χ4v) is 5.13. The van der Waals surface area contributed by atoms with Gasteiger partial charge in [0.15, 0.2) is 0 Å². The van der Waals surface area contributed by atoms with E-state index in [1.54, 1.807) is 59.2 Å². The first-order valence-corrected chi connectivity index (χ1v) is 11.2. The number of benzene rings is 2. The number of nitrogens with zero attached hydrogens (tertiary/aromatic N) is 2. The van der Waals surface area contributed by atoms with Gasteiger partial charge in [-0.05, 0) is 61.7 Å². The maximum atomic E-state index is 13.0. The zero-order valence-corrected chi connectivity index (χ0v) is 17.0. The van der Waals surface area contributed by atoms with E-state index >= 15 is 0 Å². The van der Waals surface area contributed by atoms with Gasteiger partial charge in [-0.1, -0.05) is 6.07 Å². The Hall–Kier alpha value is -2.87. The van der Waals surface area contributed by atoms with Gasteiger partial charge in [0.05, 0.1) is 4.90 Å². The molecule has 0 atom stereocenters. The second-order valence-electron chi connectivity index (χ2n) is 7.40. The summed E-state index contributed by atoms with van der Waals surface area (Å²) < 4.78 is 28.6. The van der Waals surface area contributed by atoms with Crippen LogP contribution in [0.15, 0.2) is 47.4 Å². The summed E-state index contributed by atoms with van der Waals surface area (Å²) in [4.78, 5) is 27.3. The van der Waals surface area contributed by atoms with Crippen LogP contribution in [0.3, 0.4) is 0 Å². The lowest BCUT2D eigenvalue weighted by molar-refractivity contribution is -0.117. The lowest BCUT2D eigenvalue weighted by Gasteiger charge is -2.19. The first-order chi connectivity index (χ1) is 13.8. The first-order valence-electron chi connectivity index (χ1n) is 9.69. The van der Waals surface area contributed by atoms with Crippen molar-refractivity contribution < 1.29 is 18.0 Å². The molecule has 29 heavy (non-hydrogen) atoms. The molecular weight excluding hydrogens is 390 g/mol. The summed E-state index contributed by atoms with van der Waals surface area (Å²) in [5, 5.41) is 0. The third kappa shape index (κ3) is 3.85. The van der Waals surface area contributed by atoms with Gasteiger partial charge in [0, 0.05) is 43.0 Å². The maximum Gasteiger partial charge on any atom is 0.262 e. The molecule has 2 fully saturated rings. The van der Waals surface area contributed by atoms with Crippen LogP contribution in [-0.2, 0) is 19.6 Å². The Morgan fingerprint density at radius 3 is 1.93 bits per heavy atom. The van der Waals surface area contributed by atoms with E-state index in [0.29, 0.717) is 42.9 Å². The van der Waals surface area contributed by atoms with Crippen molar-refractivity contribution in [2.75, 3.05) is 27.6 Å². The van der Waals surface area contributed by atoms with Crippen molar-refractivity contribution >= 4 is 38.9 Å². The standard InChI is InChI=1S/C21H23N3O4S/c1-15-6-9-18(24-13-3-5-21(24)26)14-19(15)29(27,28)22-16-7-10-17(11-8-16)23-12-2-4-20(23)25/h6-11,14,22H,2-5,12-13H2,1H3. The van der Waals surface area contributed by atoms with Gasteiger partial charge in [-0.25, -0.2) is 8.42 Å². The Morgan fingerprint density at radius 1 is 0.828 bits per heavy atom. The molecule has 0 unspecified atom stereocenters. The van der Waals surface area contributed by atoms with Gasteiger partial charge >= 0.3 is 0 Å². The molecule has 2 heterocycles. The average molecular weight is 413 g/mol. The van der Waals surface area contributed by atoms with Crippen molar-refractivity contribution in [1.82, 2.24) is 0 Å². The lowest BCUT2D eigenvalue weighted by Crippen LogP contribution is -2.24. The average Bonchev–Trinajstić information content (AvgIpc) is 3.31. The Labute approximate surface area is 170 Å². The molecule has 7 nitrogen and oxygen atoms in total. The molecule has 152 valence electrons. The highest BCUT2D eigenvalue weighted by molar-refractivity contribution is 7.92. The van der Waals surface area contributed by atoms with Crippen molar-refractivity contribution in [3.8, 4) is 0 Å². The maximum absolute atomic E-state index is 13.0.